The van der Waals surface area contributed by atoms with Crippen molar-refractivity contribution in [1.82, 2.24) is 5.01 Å². The summed E-state index contributed by atoms with van der Waals surface area (Å²) in [5.41, 5.74) is 3.21. The van der Waals surface area contributed by atoms with E-state index < -0.39 is 5.82 Å². The number of halogens is 2. The van der Waals surface area contributed by atoms with E-state index >= 15 is 0 Å². The number of nitrogens with zero attached hydrogens (tertiary/aromatic N) is 2. The molecule has 1 aromatic carbocycles. The Morgan fingerprint density at radius 1 is 1.43 bits per heavy atom. The van der Waals surface area contributed by atoms with Crippen LogP contribution in [0.4, 0.5) is 4.39 Å². The summed E-state index contributed by atoms with van der Waals surface area (Å²) in [5, 5.41) is 6.37. The SMILES string of the molecule is C/C=C/N1N=C(C)CC(COc2ccc(F)c(Cl)c2)=C1C. The summed E-state index contributed by atoms with van der Waals surface area (Å²) >= 11 is 5.75. The van der Waals surface area contributed by atoms with Gasteiger partial charge in [-0.3, -0.25) is 0 Å². The normalized spacial score (nSPS) is 15.7. The highest BCUT2D eigenvalue weighted by molar-refractivity contribution is 6.30. The van der Waals surface area contributed by atoms with Crippen molar-refractivity contribution in [2.75, 3.05) is 6.61 Å². The fourth-order valence-electron chi connectivity index (χ4n) is 2.07. The van der Waals surface area contributed by atoms with Gasteiger partial charge in [-0.1, -0.05) is 17.7 Å². The van der Waals surface area contributed by atoms with Crippen LogP contribution in [0.1, 0.15) is 27.2 Å². The standard InChI is InChI=1S/C16H18ClFN2O/c1-4-7-20-12(3)13(8-11(2)19-20)10-21-14-5-6-16(18)15(17)9-14/h4-7,9H,8,10H2,1-3H3/b7-4+. The molecule has 1 aliphatic heterocycles. The van der Waals surface area contributed by atoms with Gasteiger partial charge in [-0.15, -0.1) is 0 Å². The topological polar surface area (TPSA) is 24.8 Å². The third-order valence-electron chi connectivity index (χ3n) is 3.20. The molecule has 5 heteroatoms. The molecule has 0 aliphatic carbocycles. The molecule has 0 atom stereocenters. The van der Waals surface area contributed by atoms with Gasteiger partial charge in [0.1, 0.15) is 18.2 Å². The monoisotopic (exact) mass is 308 g/mol. The maximum absolute atomic E-state index is 13.1. The van der Waals surface area contributed by atoms with Crippen molar-refractivity contribution < 1.29 is 9.13 Å². The summed E-state index contributed by atoms with van der Waals surface area (Å²) in [6.45, 7) is 6.36. The van der Waals surface area contributed by atoms with Crippen molar-refractivity contribution in [2.45, 2.75) is 27.2 Å². The highest BCUT2D eigenvalue weighted by Crippen LogP contribution is 2.24. The average Bonchev–Trinajstić information content (AvgIpc) is 2.44. The lowest BCUT2D eigenvalue weighted by Crippen LogP contribution is -2.21. The van der Waals surface area contributed by atoms with E-state index in [2.05, 4.69) is 5.10 Å². The largest absolute Gasteiger partial charge is 0.489 e. The summed E-state index contributed by atoms with van der Waals surface area (Å²) in [5.74, 6) is 0.110. The van der Waals surface area contributed by atoms with Gasteiger partial charge in [0.25, 0.3) is 0 Å². The van der Waals surface area contributed by atoms with Gasteiger partial charge in [-0.05, 0) is 38.5 Å². The molecular weight excluding hydrogens is 291 g/mol. The van der Waals surface area contributed by atoms with E-state index in [1.807, 2.05) is 38.1 Å². The molecule has 3 nitrogen and oxygen atoms in total. The fourth-order valence-corrected chi connectivity index (χ4v) is 2.24. The zero-order valence-electron chi connectivity index (χ0n) is 12.4. The van der Waals surface area contributed by atoms with Crippen LogP contribution in [0.3, 0.4) is 0 Å². The first-order chi connectivity index (χ1) is 10.0. The van der Waals surface area contributed by atoms with Gasteiger partial charge >= 0.3 is 0 Å². The van der Waals surface area contributed by atoms with Gasteiger partial charge in [0.05, 0.1) is 5.02 Å². The molecule has 1 heterocycles. The minimum Gasteiger partial charge on any atom is -0.489 e. The van der Waals surface area contributed by atoms with Gasteiger partial charge in [0.15, 0.2) is 0 Å². The Bertz CT molecular complexity index is 623. The van der Waals surface area contributed by atoms with E-state index in [9.17, 15) is 4.39 Å². The number of benzene rings is 1. The summed E-state index contributed by atoms with van der Waals surface area (Å²) in [6, 6.07) is 4.36. The third-order valence-corrected chi connectivity index (χ3v) is 3.49. The van der Waals surface area contributed by atoms with Gasteiger partial charge in [-0.25, -0.2) is 9.40 Å². The zero-order chi connectivity index (χ0) is 15.4. The molecule has 0 spiro atoms. The first-order valence-corrected chi connectivity index (χ1v) is 7.11. The van der Waals surface area contributed by atoms with E-state index in [-0.39, 0.29) is 5.02 Å². The van der Waals surface area contributed by atoms with Crippen molar-refractivity contribution in [2.24, 2.45) is 5.10 Å². The minimum absolute atomic E-state index is 0.0649. The van der Waals surface area contributed by atoms with Crippen molar-refractivity contribution >= 4 is 17.3 Å². The highest BCUT2D eigenvalue weighted by atomic mass is 35.5. The Kier molecular flexibility index (Phi) is 5.02. The van der Waals surface area contributed by atoms with Crippen LogP contribution in [0, 0.1) is 5.82 Å². The quantitative estimate of drug-likeness (QED) is 0.802. The molecule has 0 N–H and O–H groups in total. The second kappa shape index (κ2) is 6.76. The Hall–Kier alpha value is -1.81. The molecule has 0 amide bonds. The fraction of sp³-hybridized carbons (Fsp3) is 0.312. The van der Waals surface area contributed by atoms with E-state index in [4.69, 9.17) is 16.3 Å². The second-order valence-corrected chi connectivity index (χ2v) is 5.30. The lowest BCUT2D eigenvalue weighted by Gasteiger charge is -2.25. The highest BCUT2D eigenvalue weighted by Gasteiger charge is 2.16. The van der Waals surface area contributed by atoms with Crippen LogP contribution in [0.25, 0.3) is 0 Å². The van der Waals surface area contributed by atoms with Crippen LogP contribution in [-0.4, -0.2) is 17.3 Å². The maximum atomic E-state index is 13.1. The first kappa shape index (κ1) is 15.6. The lowest BCUT2D eigenvalue weighted by atomic mass is 10.1. The molecule has 2 rings (SSSR count). The van der Waals surface area contributed by atoms with Crippen LogP contribution < -0.4 is 4.74 Å². The van der Waals surface area contributed by atoms with Crippen molar-refractivity contribution in [3.05, 3.63) is 52.6 Å². The van der Waals surface area contributed by atoms with Crippen LogP contribution in [-0.2, 0) is 0 Å². The van der Waals surface area contributed by atoms with Crippen LogP contribution in [0.2, 0.25) is 5.02 Å². The Balaban J connectivity index is 2.11. The first-order valence-electron chi connectivity index (χ1n) is 6.74. The molecule has 112 valence electrons. The Morgan fingerprint density at radius 3 is 2.86 bits per heavy atom. The Morgan fingerprint density at radius 2 is 2.19 bits per heavy atom. The van der Waals surface area contributed by atoms with E-state index in [0.29, 0.717) is 12.4 Å². The molecule has 0 saturated carbocycles. The molecule has 1 aromatic rings. The minimum atomic E-state index is -0.445. The Labute approximate surface area is 129 Å². The number of ether oxygens (including phenoxy) is 1. The molecule has 0 fully saturated rings. The van der Waals surface area contributed by atoms with Crippen LogP contribution in [0.15, 0.2) is 46.8 Å². The van der Waals surface area contributed by atoms with E-state index in [1.165, 1.54) is 12.1 Å². The number of hydrogen-bond acceptors (Lipinski definition) is 3. The predicted octanol–water partition coefficient (Wildman–Crippen LogP) is 4.75. The average molecular weight is 309 g/mol. The summed E-state index contributed by atoms with van der Waals surface area (Å²) in [4.78, 5) is 0. The summed E-state index contributed by atoms with van der Waals surface area (Å²) in [6.07, 6.45) is 4.62. The second-order valence-electron chi connectivity index (χ2n) is 4.89. The van der Waals surface area contributed by atoms with Gasteiger partial charge in [-0.2, -0.15) is 5.10 Å². The molecule has 0 unspecified atom stereocenters. The number of hydrazone groups is 1. The van der Waals surface area contributed by atoms with E-state index in [1.54, 1.807) is 6.07 Å². The van der Waals surface area contributed by atoms with Gasteiger partial charge in [0, 0.05) is 30.1 Å². The number of rotatable bonds is 4. The predicted molar refractivity (Wildman–Crippen MR) is 84.0 cm³/mol. The molecular formula is C16H18ClFN2O. The van der Waals surface area contributed by atoms with E-state index in [0.717, 1.165) is 23.4 Å². The number of allylic oxidation sites excluding steroid dienone is 2. The third kappa shape index (κ3) is 3.85. The maximum Gasteiger partial charge on any atom is 0.142 e. The number of hydrogen-bond donors (Lipinski definition) is 0. The molecule has 0 radical (unpaired) electrons. The van der Waals surface area contributed by atoms with Gasteiger partial charge in [0.2, 0.25) is 0 Å². The molecule has 0 aromatic heterocycles. The van der Waals surface area contributed by atoms with Gasteiger partial charge < -0.3 is 4.74 Å². The zero-order valence-corrected chi connectivity index (χ0v) is 13.1. The molecule has 1 aliphatic rings. The molecule has 21 heavy (non-hydrogen) atoms. The molecule has 0 bridgehead atoms. The smallest absolute Gasteiger partial charge is 0.142 e. The van der Waals surface area contributed by atoms with Crippen molar-refractivity contribution in [3.63, 3.8) is 0 Å². The lowest BCUT2D eigenvalue weighted by molar-refractivity contribution is 0.339. The van der Waals surface area contributed by atoms with Crippen LogP contribution >= 0.6 is 11.6 Å². The molecule has 0 saturated heterocycles. The van der Waals surface area contributed by atoms with Crippen molar-refractivity contribution in [3.8, 4) is 5.75 Å². The van der Waals surface area contributed by atoms with Crippen molar-refractivity contribution in [1.29, 1.82) is 0 Å². The summed E-state index contributed by atoms with van der Waals surface area (Å²) < 4.78 is 18.8. The summed E-state index contributed by atoms with van der Waals surface area (Å²) in [7, 11) is 0. The van der Waals surface area contributed by atoms with Crippen LogP contribution in [0.5, 0.6) is 5.75 Å².